The maximum absolute atomic E-state index is 11.8. The first-order chi connectivity index (χ1) is 8.70. The van der Waals surface area contributed by atoms with E-state index in [1.54, 1.807) is 7.11 Å². The summed E-state index contributed by atoms with van der Waals surface area (Å²) in [7, 11) is 1.62. The van der Waals surface area contributed by atoms with Crippen LogP contribution in [0.1, 0.15) is 24.8 Å². The summed E-state index contributed by atoms with van der Waals surface area (Å²) in [4.78, 5) is 11.8. The number of ether oxygens (including phenoxy) is 2. The van der Waals surface area contributed by atoms with Crippen LogP contribution in [0.3, 0.4) is 0 Å². The molecular formula is C14H19NO3. The number of methoxy groups -OCH3 is 1. The van der Waals surface area contributed by atoms with Crippen LogP contribution in [0, 0.1) is 5.92 Å². The summed E-state index contributed by atoms with van der Waals surface area (Å²) in [6.45, 7) is 0.298. The number of hydrogen-bond donors (Lipinski definition) is 1. The number of carbonyl (C=O) groups is 1. The Balaban J connectivity index is 1.85. The second-order valence-corrected chi connectivity index (χ2v) is 4.66. The lowest BCUT2D eigenvalue weighted by molar-refractivity contribution is -0.150. The van der Waals surface area contributed by atoms with Crippen LogP contribution in [0.2, 0.25) is 0 Å². The molecule has 2 atom stereocenters. The van der Waals surface area contributed by atoms with Gasteiger partial charge in [0.15, 0.2) is 0 Å². The third kappa shape index (κ3) is 3.01. The molecule has 0 spiro atoms. The highest BCUT2D eigenvalue weighted by molar-refractivity contribution is 5.73. The van der Waals surface area contributed by atoms with Crippen molar-refractivity contribution >= 4 is 5.97 Å². The van der Waals surface area contributed by atoms with E-state index in [0.717, 1.165) is 30.6 Å². The number of nitrogens with two attached hydrogens (primary N) is 1. The van der Waals surface area contributed by atoms with Gasteiger partial charge in [-0.1, -0.05) is 18.6 Å². The topological polar surface area (TPSA) is 61.5 Å². The highest BCUT2D eigenvalue weighted by atomic mass is 16.5. The van der Waals surface area contributed by atoms with Crippen LogP contribution in [0.5, 0.6) is 5.75 Å². The number of esters is 1. The largest absolute Gasteiger partial charge is 0.497 e. The molecule has 0 bridgehead atoms. The summed E-state index contributed by atoms with van der Waals surface area (Å²) in [6, 6.07) is 7.45. The van der Waals surface area contributed by atoms with E-state index in [-0.39, 0.29) is 17.9 Å². The molecule has 2 rings (SSSR count). The first-order valence-electron chi connectivity index (χ1n) is 6.26. The van der Waals surface area contributed by atoms with Crippen LogP contribution in [0.15, 0.2) is 24.3 Å². The summed E-state index contributed by atoms with van der Waals surface area (Å²) in [5.41, 5.74) is 6.82. The standard InChI is InChI=1S/C14H19NO3/c1-17-11-7-5-10(6-8-11)9-18-14(16)12-3-2-4-13(12)15/h5-8,12-13H,2-4,9,15H2,1H3. The molecule has 2 unspecified atom stereocenters. The van der Waals surface area contributed by atoms with Gasteiger partial charge in [-0.15, -0.1) is 0 Å². The summed E-state index contributed by atoms with van der Waals surface area (Å²) >= 11 is 0. The quantitative estimate of drug-likeness (QED) is 0.827. The van der Waals surface area contributed by atoms with Gasteiger partial charge in [0.1, 0.15) is 12.4 Å². The van der Waals surface area contributed by atoms with Crippen molar-refractivity contribution in [2.45, 2.75) is 31.9 Å². The highest BCUT2D eigenvalue weighted by Gasteiger charge is 2.31. The Morgan fingerprint density at radius 1 is 1.33 bits per heavy atom. The lowest BCUT2D eigenvalue weighted by Gasteiger charge is -2.14. The minimum atomic E-state index is -0.171. The van der Waals surface area contributed by atoms with Crippen molar-refractivity contribution in [1.82, 2.24) is 0 Å². The third-order valence-corrected chi connectivity index (χ3v) is 3.41. The molecule has 1 saturated carbocycles. The van der Waals surface area contributed by atoms with Crippen LogP contribution in [-0.4, -0.2) is 19.1 Å². The van der Waals surface area contributed by atoms with Gasteiger partial charge < -0.3 is 15.2 Å². The number of carbonyl (C=O) groups excluding carboxylic acids is 1. The SMILES string of the molecule is COc1ccc(COC(=O)C2CCCC2N)cc1. The molecule has 4 heteroatoms. The molecule has 0 aromatic heterocycles. The summed E-state index contributed by atoms with van der Waals surface area (Å²) in [6.07, 6.45) is 2.79. The maximum atomic E-state index is 11.8. The molecule has 1 fully saturated rings. The number of benzene rings is 1. The zero-order valence-electron chi connectivity index (χ0n) is 10.6. The van der Waals surface area contributed by atoms with E-state index in [1.165, 1.54) is 0 Å². The van der Waals surface area contributed by atoms with E-state index in [2.05, 4.69) is 0 Å². The molecule has 2 N–H and O–H groups in total. The highest BCUT2D eigenvalue weighted by Crippen LogP contribution is 2.25. The Morgan fingerprint density at radius 3 is 2.61 bits per heavy atom. The molecule has 18 heavy (non-hydrogen) atoms. The van der Waals surface area contributed by atoms with Crippen LogP contribution >= 0.6 is 0 Å². The van der Waals surface area contributed by atoms with Crippen molar-refractivity contribution in [3.05, 3.63) is 29.8 Å². The molecule has 1 aliphatic rings. The predicted octanol–water partition coefficient (Wildman–Crippen LogP) is 1.87. The molecule has 1 aromatic carbocycles. The molecule has 0 radical (unpaired) electrons. The normalized spacial score (nSPS) is 22.8. The number of rotatable bonds is 4. The van der Waals surface area contributed by atoms with Gasteiger partial charge in [0, 0.05) is 6.04 Å². The fraction of sp³-hybridized carbons (Fsp3) is 0.500. The lowest BCUT2D eigenvalue weighted by atomic mass is 10.1. The smallest absolute Gasteiger partial charge is 0.310 e. The van der Waals surface area contributed by atoms with E-state index in [4.69, 9.17) is 15.2 Å². The minimum Gasteiger partial charge on any atom is -0.497 e. The lowest BCUT2D eigenvalue weighted by Crippen LogP contribution is -2.31. The van der Waals surface area contributed by atoms with Crippen LogP contribution in [0.25, 0.3) is 0 Å². The molecule has 98 valence electrons. The van der Waals surface area contributed by atoms with Crippen LogP contribution in [-0.2, 0) is 16.1 Å². The molecule has 0 amide bonds. The van der Waals surface area contributed by atoms with Crippen LogP contribution in [0.4, 0.5) is 0 Å². The average molecular weight is 249 g/mol. The van der Waals surface area contributed by atoms with Crippen molar-refractivity contribution < 1.29 is 14.3 Å². The summed E-state index contributed by atoms with van der Waals surface area (Å²) in [5, 5.41) is 0. The number of hydrogen-bond acceptors (Lipinski definition) is 4. The first-order valence-corrected chi connectivity index (χ1v) is 6.26. The first kappa shape index (κ1) is 12.9. The zero-order chi connectivity index (χ0) is 13.0. The van der Waals surface area contributed by atoms with Gasteiger partial charge in [0.2, 0.25) is 0 Å². The fourth-order valence-corrected chi connectivity index (χ4v) is 2.26. The Morgan fingerprint density at radius 2 is 2.06 bits per heavy atom. The second kappa shape index (κ2) is 5.87. The van der Waals surface area contributed by atoms with E-state index in [1.807, 2.05) is 24.3 Å². The zero-order valence-corrected chi connectivity index (χ0v) is 10.6. The van der Waals surface area contributed by atoms with E-state index >= 15 is 0 Å². The van der Waals surface area contributed by atoms with Crippen molar-refractivity contribution in [2.75, 3.05) is 7.11 Å². The van der Waals surface area contributed by atoms with E-state index in [9.17, 15) is 4.79 Å². The van der Waals surface area contributed by atoms with Gasteiger partial charge in [-0.2, -0.15) is 0 Å². The van der Waals surface area contributed by atoms with Gasteiger partial charge >= 0.3 is 5.97 Å². The van der Waals surface area contributed by atoms with Gasteiger partial charge in [-0.25, -0.2) is 0 Å². The minimum absolute atomic E-state index is 0.0339. The van der Waals surface area contributed by atoms with E-state index in [0.29, 0.717) is 6.61 Å². The van der Waals surface area contributed by atoms with Gasteiger partial charge in [-0.3, -0.25) is 4.79 Å². The molecule has 0 aliphatic heterocycles. The summed E-state index contributed by atoms with van der Waals surface area (Å²) < 4.78 is 10.4. The molecule has 0 heterocycles. The van der Waals surface area contributed by atoms with Crippen molar-refractivity contribution in [3.8, 4) is 5.75 Å². The van der Waals surface area contributed by atoms with Crippen molar-refractivity contribution in [1.29, 1.82) is 0 Å². The molecule has 4 nitrogen and oxygen atoms in total. The van der Waals surface area contributed by atoms with Crippen molar-refractivity contribution in [2.24, 2.45) is 11.7 Å². The fourth-order valence-electron chi connectivity index (χ4n) is 2.26. The third-order valence-electron chi connectivity index (χ3n) is 3.41. The average Bonchev–Trinajstić information content (AvgIpc) is 2.83. The van der Waals surface area contributed by atoms with Gasteiger partial charge in [0.25, 0.3) is 0 Å². The second-order valence-electron chi connectivity index (χ2n) is 4.66. The van der Waals surface area contributed by atoms with E-state index < -0.39 is 0 Å². The molecular weight excluding hydrogens is 230 g/mol. The Bertz CT molecular complexity index is 402. The Hall–Kier alpha value is -1.55. The molecule has 0 saturated heterocycles. The predicted molar refractivity (Wildman–Crippen MR) is 68.1 cm³/mol. The molecule has 1 aliphatic carbocycles. The van der Waals surface area contributed by atoms with Gasteiger partial charge in [-0.05, 0) is 30.5 Å². The Kier molecular flexibility index (Phi) is 4.20. The Labute approximate surface area is 107 Å². The van der Waals surface area contributed by atoms with Crippen LogP contribution < -0.4 is 10.5 Å². The monoisotopic (exact) mass is 249 g/mol. The van der Waals surface area contributed by atoms with Crippen molar-refractivity contribution in [3.63, 3.8) is 0 Å². The molecule has 1 aromatic rings. The van der Waals surface area contributed by atoms with Gasteiger partial charge in [0.05, 0.1) is 13.0 Å². The maximum Gasteiger partial charge on any atom is 0.310 e. The summed E-state index contributed by atoms with van der Waals surface area (Å²) in [5.74, 6) is 0.502.